The monoisotopic (exact) mass is 230 g/mol. The maximum atomic E-state index is 5.62. The van der Waals surface area contributed by atoms with Crippen molar-refractivity contribution in [1.82, 2.24) is 15.0 Å². The number of rotatable bonds is 2. The SMILES string of the molecule is COc1nc(N)nc(-c2cc(C)ccc2C)n1. The molecule has 0 saturated heterocycles. The molecule has 2 aromatic rings. The normalized spacial score (nSPS) is 10.3. The molecule has 2 rings (SSSR count). The van der Waals surface area contributed by atoms with Crippen molar-refractivity contribution in [1.29, 1.82) is 0 Å². The average Bonchev–Trinajstić information content (AvgIpc) is 2.31. The Bertz CT molecular complexity index is 554. The van der Waals surface area contributed by atoms with Gasteiger partial charge >= 0.3 is 6.01 Å². The van der Waals surface area contributed by atoms with E-state index in [-0.39, 0.29) is 12.0 Å². The lowest BCUT2D eigenvalue weighted by atomic mass is 10.1. The Balaban J connectivity index is 2.59. The van der Waals surface area contributed by atoms with Gasteiger partial charge in [0.15, 0.2) is 5.82 Å². The van der Waals surface area contributed by atoms with Crippen LogP contribution in [0.1, 0.15) is 11.1 Å². The molecule has 1 aromatic heterocycles. The van der Waals surface area contributed by atoms with Crippen LogP contribution in [0, 0.1) is 13.8 Å². The highest BCUT2D eigenvalue weighted by molar-refractivity contribution is 5.61. The fourth-order valence-corrected chi connectivity index (χ4v) is 1.56. The van der Waals surface area contributed by atoms with Gasteiger partial charge in [0.05, 0.1) is 7.11 Å². The summed E-state index contributed by atoms with van der Waals surface area (Å²) in [6.07, 6.45) is 0. The number of methoxy groups -OCH3 is 1. The zero-order chi connectivity index (χ0) is 12.4. The van der Waals surface area contributed by atoms with Crippen LogP contribution in [0.25, 0.3) is 11.4 Å². The molecule has 0 atom stereocenters. The van der Waals surface area contributed by atoms with E-state index in [9.17, 15) is 0 Å². The second-order valence-electron chi connectivity index (χ2n) is 3.82. The number of aryl methyl sites for hydroxylation is 2. The van der Waals surface area contributed by atoms with Gasteiger partial charge in [-0.1, -0.05) is 17.7 Å². The smallest absolute Gasteiger partial charge is 0.321 e. The minimum atomic E-state index is 0.160. The van der Waals surface area contributed by atoms with Crippen molar-refractivity contribution in [3.8, 4) is 17.4 Å². The van der Waals surface area contributed by atoms with Crippen LogP contribution < -0.4 is 10.5 Å². The van der Waals surface area contributed by atoms with Crippen LogP contribution in [0.2, 0.25) is 0 Å². The Kier molecular flexibility index (Phi) is 2.91. The van der Waals surface area contributed by atoms with E-state index in [2.05, 4.69) is 15.0 Å². The molecule has 0 bridgehead atoms. The summed E-state index contributed by atoms with van der Waals surface area (Å²) in [7, 11) is 1.50. The van der Waals surface area contributed by atoms with Crippen molar-refractivity contribution < 1.29 is 4.74 Å². The van der Waals surface area contributed by atoms with E-state index in [0.717, 1.165) is 16.7 Å². The highest BCUT2D eigenvalue weighted by Gasteiger charge is 2.09. The van der Waals surface area contributed by atoms with Crippen LogP contribution in [-0.2, 0) is 0 Å². The predicted octanol–water partition coefficient (Wildman–Crippen LogP) is 1.75. The molecular weight excluding hydrogens is 216 g/mol. The fourth-order valence-electron chi connectivity index (χ4n) is 1.56. The Morgan fingerprint density at radius 3 is 2.59 bits per heavy atom. The van der Waals surface area contributed by atoms with Gasteiger partial charge in [-0.25, -0.2) is 0 Å². The Hall–Kier alpha value is -2.17. The largest absolute Gasteiger partial charge is 0.467 e. The molecule has 0 aliphatic heterocycles. The van der Waals surface area contributed by atoms with Gasteiger partial charge in [-0.15, -0.1) is 0 Å². The molecule has 0 amide bonds. The number of nitrogens with two attached hydrogens (primary N) is 1. The molecule has 1 heterocycles. The Labute approximate surface area is 99.7 Å². The van der Waals surface area contributed by atoms with E-state index in [1.807, 2.05) is 32.0 Å². The second kappa shape index (κ2) is 4.37. The van der Waals surface area contributed by atoms with Crippen LogP contribution in [0.5, 0.6) is 6.01 Å². The van der Waals surface area contributed by atoms with Gasteiger partial charge in [0.25, 0.3) is 0 Å². The minimum Gasteiger partial charge on any atom is -0.467 e. The summed E-state index contributed by atoms with van der Waals surface area (Å²) in [4.78, 5) is 12.2. The maximum Gasteiger partial charge on any atom is 0.321 e. The Morgan fingerprint density at radius 1 is 1.12 bits per heavy atom. The standard InChI is InChI=1S/C12H14N4O/c1-7-4-5-8(2)9(6-7)10-14-11(13)16-12(15-10)17-3/h4-6H,1-3H3,(H2,13,14,15,16). The minimum absolute atomic E-state index is 0.160. The van der Waals surface area contributed by atoms with Gasteiger partial charge in [0.2, 0.25) is 5.95 Å². The third-order valence-electron chi connectivity index (χ3n) is 2.45. The molecular formula is C12H14N4O. The van der Waals surface area contributed by atoms with E-state index >= 15 is 0 Å². The molecule has 2 N–H and O–H groups in total. The number of anilines is 1. The molecule has 0 fully saturated rings. The summed E-state index contributed by atoms with van der Waals surface area (Å²) in [5.41, 5.74) is 8.79. The zero-order valence-electron chi connectivity index (χ0n) is 10.1. The summed E-state index contributed by atoms with van der Waals surface area (Å²) in [5, 5.41) is 0. The van der Waals surface area contributed by atoms with Gasteiger partial charge in [-0.05, 0) is 25.5 Å². The molecule has 0 spiro atoms. The highest BCUT2D eigenvalue weighted by atomic mass is 16.5. The molecule has 5 heteroatoms. The van der Waals surface area contributed by atoms with Crippen molar-refractivity contribution in [2.75, 3.05) is 12.8 Å². The zero-order valence-corrected chi connectivity index (χ0v) is 10.1. The number of aromatic nitrogens is 3. The van der Waals surface area contributed by atoms with Crippen molar-refractivity contribution in [2.24, 2.45) is 0 Å². The van der Waals surface area contributed by atoms with Crippen LogP contribution >= 0.6 is 0 Å². The third kappa shape index (κ3) is 2.33. The van der Waals surface area contributed by atoms with Crippen molar-refractivity contribution in [2.45, 2.75) is 13.8 Å². The molecule has 0 aliphatic rings. The van der Waals surface area contributed by atoms with Gasteiger partial charge in [0, 0.05) is 5.56 Å². The average molecular weight is 230 g/mol. The first-order valence-corrected chi connectivity index (χ1v) is 5.23. The molecule has 0 radical (unpaired) electrons. The predicted molar refractivity (Wildman–Crippen MR) is 65.7 cm³/mol. The van der Waals surface area contributed by atoms with E-state index in [1.165, 1.54) is 7.11 Å². The summed E-state index contributed by atoms with van der Waals surface area (Å²) in [6, 6.07) is 6.31. The van der Waals surface area contributed by atoms with E-state index in [0.29, 0.717) is 5.82 Å². The lowest BCUT2D eigenvalue weighted by molar-refractivity contribution is 0.379. The first-order valence-electron chi connectivity index (χ1n) is 5.23. The van der Waals surface area contributed by atoms with Crippen molar-refractivity contribution >= 4 is 5.95 Å². The van der Waals surface area contributed by atoms with E-state index in [1.54, 1.807) is 0 Å². The van der Waals surface area contributed by atoms with Gasteiger partial charge in [-0.2, -0.15) is 15.0 Å². The lowest BCUT2D eigenvalue weighted by Gasteiger charge is -2.07. The third-order valence-corrected chi connectivity index (χ3v) is 2.45. The highest BCUT2D eigenvalue weighted by Crippen LogP contribution is 2.22. The number of ether oxygens (including phenoxy) is 1. The summed E-state index contributed by atoms with van der Waals surface area (Å²) in [5.74, 6) is 0.698. The lowest BCUT2D eigenvalue weighted by Crippen LogP contribution is -2.03. The van der Waals surface area contributed by atoms with Crippen molar-refractivity contribution in [3.05, 3.63) is 29.3 Å². The fraction of sp³-hybridized carbons (Fsp3) is 0.250. The first kappa shape index (κ1) is 11.3. The molecule has 5 nitrogen and oxygen atoms in total. The molecule has 88 valence electrons. The first-order chi connectivity index (χ1) is 8.10. The van der Waals surface area contributed by atoms with Crippen LogP contribution in [0.15, 0.2) is 18.2 Å². The quantitative estimate of drug-likeness (QED) is 0.850. The number of nitrogens with zero attached hydrogens (tertiary/aromatic N) is 3. The number of nitrogen functional groups attached to an aromatic ring is 1. The van der Waals surface area contributed by atoms with E-state index in [4.69, 9.17) is 10.5 Å². The summed E-state index contributed by atoms with van der Waals surface area (Å²) in [6.45, 7) is 4.02. The van der Waals surface area contributed by atoms with Gasteiger partial charge in [0.1, 0.15) is 0 Å². The molecule has 0 aliphatic carbocycles. The Morgan fingerprint density at radius 2 is 1.88 bits per heavy atom. The van der Waals surface area contributed by atoms with Crippen LogP contribution in [0.4, 0.5) is 5.95 Å². The number of hydrogen-bond donors (Lipinski definition) is 1. The summed E-state index contributed by atoms with van der Waals surface area (Å²) >= 11 is 0. The van der Waals surface area contributed by atoms with Crippen molar-refractivity contribution in [3.63, 3.8) is 0 Å². The molecule has 1 aromatic carbocycles. The molecule has 17 heavy (non-hydrogen) atoms. The van der Waals surface area contributed by atoms with Crippen LogP contribution in [0.3, 0.4) is 0 Å². The van der Waals surface area contributed by atoms with Crippen LogP contribution in [-0.4, -0.2) is 22.1 Å². The van der Waals surface area contributed by atoms with Gasteiger partial charge < -0.3 is 10.5 Å². The number of benzene rings is 1. The second-order valence-corrected chi connectivity index (χ2v) is 3.82. The van der Waals surface area contributed by atoms with E-state index < -0.39 is 0 Å². The molecule has 0 unspecified atom stereocenters. The molecule has 0 saturated carbocycles. The maximum absolute atomic E-state index is 5.62. The topological polar surface area (TPSA) is 73.9 Å². The number of hydrogen-bond acceptors (Lipinski definition) is 5. The summed E-state index contributed by atoms with van der Waals surface area (Å²) < 4.78 is 4.99. The van der Waals surface area contributed by atoms with Gasteiger partial charge in [-0.3, -0.25) is 0 Å².